The van der Waals surface area contributed by atoms with E-state index in [0.717, 1.165) is 24.8 Å². The van der Waals surface area contributed by atoms with Gasteiger partial charge in [0.15, 0.2) is 0 Å². The zero-order valence-electron chi connectivity index (χ0n) is 14.4. The van der Waals surface area contributed by atoms with E-state index in [9.17, 15) is 9.59 Å². The van der Waals surface area contributed by atoms with E-state index in [1.807, 2.05) is 21.9 Å². The molecule has 0 bridgehead atoms. The van der Waals surface area contributed by atoms with Crippen LogP contribution >= 0.6 is 11.6 Å². The number of rotatable bonds is 2. The second-order valence-electron chi connectivity index (χ2n) is 6.81. The van der Waals surface area contributed by atoms with Crippen LogP contribution in [0.2, 0.25) is 5.02 Å². The van der Waals surface area contributed by atoms with E-state index in [0.29, 0.717) is 42.3 Å². The van der Waals surface area contributed by atoms with Crippen molar-refractivity contribution in [1.29, 1.82) is 0 Å². The van der Waals surface area contributed by atoms with E-state index in [1.165, 1.54) is 0 Å². The summed E-state index contributed by atoms with van der Waals surface area (Å²) in [6.45, 7) is 3.17. The van der Waals surface area contributed by atoms with Gasteiger partial charge in [-0.2, -0.15) is 0 Å². The number of likely N-dealkylation sites (tertiary alicyclic amines) is 1. The molecule has 0 aliphatic carbocycles. The van der Waals surface area contributed by atoms with E-state index >= 15 is 0 Å². The lowest BCUT2D eigenvalue weighted by atomic mass is 10.0. The number of nitrogens with one attached hydrogen (secondary N) is 1. The predicted molar refractivity (Wildman–Crippen MR) is 100 cm³/mol. The molecular formula is C19H21ClN4O2. The molecule has 2 aliphatic rings. The van der Waals surface area contributed by atoms with E-state index in [4.69, 9.17) is 11.6 Å². The van der Waals surface area contributed by atoms with Crippen LogP contribution in [0.1, 0.15) is 23.2 Å². The van der Waals surface area contributed by atoms with Crippen molar-refractivity contribution in [2.24, 2.45) is 0 Å². The first-order valence-electron chi connectivity index (χ1n) is 8.98. The summed E-state index contributed by atoms with van der Waals surface area (Å²) >= 11 is 6.25. The summed E-state index contributed by atoms with van der Waals surface area (Å²) in [5, 5.41) is 4.47. The number of amides is 2. The minimum atomic E-state index is -0.0438. The maximum absolute atomic E-state index is 13.2. The highest BCUT2D eigenvalue weighted by Gasteiger charge is 2.32. The number of hydrogen-bond acceptors (Lipinski definition) is 4. The highest BCUT2D eigenvalue weighted by Crippen LogP contribution is 2.27. The molecule has 0 spiro atoms. The average molecular weight is 373 g/mol. The van der Waals surface area contributed by atoms with Gasteiger partial charge in [-0.15, -0.1) is 0 Å². The van der Waals surface area contributed by atoms with Crippen molar-refractivity contribution in [1.82, 2.24) is 20.1 Å². The molecule has 2 amide bonds. The molecule has 1 aromatic heterocycles. The maximum atomic E-state index is 13.2. The molecule has 4 rings (SSSR count). The smallest absolute Gasteiger partial charge is 0.256 e. The molecule has 3 heterocycles. The normalized spacial score (nSPS) is 21.3. The molecule has 26 heavy (non-hydrogen) atoms. The van der Waals surface area contributed by atoms with Crippen LogP contribution in [0.15, 0.2) is 30.5 Å². The van der Waals surface area contributed by atoms with Crippen LogP contribution in [0.3, 0.4) is 0 Å². The number of carbonyl (C=O) groups excluding carboxylic acids is 2. The Hall–Kier alpha value is -2.18. The third-order valence-electron chi connectivity index (χ3n) is 5.20. The number of piperazine rings is 1. The van der Waals surface area contributed by atoms with Crippen LogP contribution in [-0.4, -0.2) is 65.4 Å². The van der Waals surface area contributed by atoms with Crippen molar-refractivity contribution in [2.45, 2.75) is 18.9 Å². The van der Waals surface area contributed by atoms with Crippen molar-refractivity contribution < 1.29 is 9.59 Å². The second kappa shape index (κ2) is 7.21. The number of carbonyl (C=O) groups is 2. The van der Waals surface area contributed by atoms with Gasteiger partial charge in [0.25, 0.3) is 5.91 Å². The van der Waals surface area contributed by atoms with Crippen LogP contribution in [0.25, 0.3) is 10.9 Å². The maximum Gasteiger partial charge on any atom is 0.256 e. The Labute approximate surface area is 157 Å². The Balaban J connectivity index is 1.58. The molecule has 1 aromatic carbocycles. The van der Waals surface area contributed by atoms with Crippen LogP contribution < -0.4 is 5.32 Å². The van der Waals surface area contributed by atoms with Gasteiger partial charge in [-0.05, 0) is 37.1 Å². The fourth-order valence-electron chi connectivity index (χ4n) is 3.88. The van der Waals surface area contributed by atoms with Gasteiger partial charge >= 0.3 is 0 Å². The first-order valence-corrected chi connectivity index (χ1v) is 9.35. The summed E-state index contributed by atoms with van der Waals surface area (Å²) in [7, 11) is 0. The fourth-order valence-corrected chi connectivity index (χ4v) is 4.10. The molecule has 7 heteroatoms. The number of aromatic nitrogens is 1. The summed E-state index contributed by atoms with van der Waals surface area (Å²) in [4.78, 5) is 33.5. The first kappa shape index (κ1) is 17.2. The number of fused-ring (bicyclic) bond motifs is 1. The molecule has 1 atom stereocenters. The number of benzene rings is 1. The summed E-state index contributed by atoms with van der Waals surface area (Å²) in [6, 6.07) is 7.28. The Morgan fingerprint density at radius 2 is 2.15 bits per heavy atom. The third kappa shape index (κ3) is 3.15. The molecule has 2 fully saturated rings. The number of halogens is 1. The molecule has 0 saturated carbocycles. The molecule has 2 saturated heterocycles. The largest absolute Gasteiger partial charge is 0.337 e. The predicted octanol–water partition coefficient (Wildman–Crippen LogP) is 1.92. The van der Waals surface area contributed by atoms with E-state index in [-0.39, 0.29) is 17.9 Å². The molecule has 0 radical (unpaired) electrons. The average Bonchev–Trinajstić information content (AvgIpc) is 2.68. The van der Waals surface area contributed by atoms with Crippen LogP contribution in [0, 0.1) is 0 Å². The lowest BCUT2D eigenvalue weighted by Gasteiger charge is -2.41. The highest BCUT2D eigenvalue weighted by atomic mass is 35.5. The van der Waals surface area contributed by atoms with Crippen LogP contribution in [0.4, 0.5) is 0 Å². The summed E-state index contributed by atoms with van der Waals surface area (Å²) in [5.74, 6) is 0.0757. The number of pyridine rings is 1. The molecule has 6 nitrogen and oxygen atoms in total. The van der Waals surface area contributed by atoms with Crippen molar-refractivity contribution in [3.05, 3.63) is 41.0 Å². The zero-order chi connectivity index (χ0) is 18.1. The van der Waals surface area contributed by atoms with Gasteiger partial charge in [-0.25, -0.2) is 0 Å². The Kier molecular flexibility index (Phi) is 4.78. The number of piperidine rings is 1. The molecule has 136 valence electrons. The standard InChI is InChI=1S/C19H21ClN4O2/c20-16-6-5-15(18-14(16)4-1-7-22-18)19(26)23-9-2-3-13(12-23)24-10-8-21-11-17(24)25/h1,4-7,13,21H,2-3,8-12H2. The lowest BCUT2D eigenvalue weighted by Crippen LogP contribution is -2.57. The third-order valence-corrected chi connectivity index (χ3v) is 5.53. The SMILES string of the molecule is O=C(c1ccc(Cl)c2cccnc12)N1CCCC(N2CCNCC2=O)C1. The number of nitrogens with zero attached hydrogens (tertiary/aromatic N) is 3. The van der Waals surface area contributed by atoms with Gasteiger partial charge in [-0.1, -0.05) is 11.6 Å². The van der Waals surface area contributed by atoms with Gasteiger partial charge in [0, 0.05) is 43.8 Å². The molecule has 1 unspecified atom stereocenters. The monoisotopic (exact) mass is 372 g/mol. The van der Waals surface area contributed by atoms with Gasteiger partial charge in [0.1, 0.15) is 0 Å². The van der Waals surface area contributed by atoms with Crippen molar-refractivity contribution in [3.63, 3.8) is 0 Å². The van der Waals surface area contributed by atoms with Gasteiger partial charge < -0.3 is 15.1 Å². The highest BCUT2D eigenvalue weighted by molar-refractivity contribution is 6.36. The second-order valence-corrected chi connectivity index (χ2v) is 7.21. The topological polar surface area (TPSA) is 65.5 Å². The summed E-state index contributed by atoms with van der Waals surface area (Å²) in [5.41, 5.74) is 1.20. The van der Waals surface area contributed by atoms with Crippen molar-refractivity contribution >= 4 is 34.3 Å². The Morgan fingerprint density at radius 3 is 3.00 bits per heavy atom. The fraction of sp³-hybridized carbons (Fsp3) is 0.421. The van der Waals surface area contributed by atoms with Gasteiger partial charge in [0.05, 0.1) is 22.6 Å². The van der Waals surface area contributed by atoms with Gasteiger partial charge in [0.2, 0.25) is 5.91 Å². The van der Waals surface area contributed by atoms with Crippen LogP contribution in [-0.2, 0) is 4.79 Å². The Bertz CT molecular complexity index is 857. The minimum absolute atomic E-state index is 0.0438. The molecule has 1 N–H and O–H groups in total. The number of hydrogen-bond donors (Lipinski definition) is 1. The van der Waals surface area contributed by atoms with E-state index < -0.39 is 0 Å². The zero-order valence-corrected chi connectivity index (χ0v) is 15.2. The molecule has 2 aliphatic heterocycles. The van der Waals surface area contributed by atoms with E-state index in [1.54, 1.807) is 18.3 Å². The molecule has 2 aromatic rings. The quantitative estimate of drug-likeness (QED) is 0.874. The van der Waals surface area contributed by atoms with Gasteiger partial charge in [-0.3, -0.25) is 14.6 Å². The van der Waals surface area contributed by atoms with E-state index in [2.05, 4.69) is 10.3 Å². The van der Waals surface area contributed by atoms with Crippen LogP contribution in [0.5, 0.6) is 0 Å². The summed E-state index contributed by atoms with van der Waals surface area (Å²) in [6.07, 6.45) is 3.51. The Morgan fingerprint density at radius 1 is 1.27 bits per heavy atom. The molecular weight excluding hydrogens is 352 g/mol. The summed E-state index contributed by atoms with van der Waals surface area (Å²) < 4.78 is 0. The van der Waals surface area contributed by atoms with Crippen molar-refractivity contribution in [3.8, 4) is 0 Å². The van der Waals surface area contributed by atoms with Crippen molar-refractivity contribution in [2.75, 3.05) is 32.7 Å². The minimum Gasteiger partial charge on any atom is -0.337 e. The first-order chi connectivity index (χ1) is 12.6. The lowest BCUT2D eigenvalue weighted by molar-refractivity contribution is -0.135.